The van der Waals surface area contributed by atoms with Crippen LogP contribution in [0.1, 0.15) is 11.3 Å². The van der Waals surface area contributed by atoms with Gasteiger partial charge >= 0.3 is 6.18 Å². The van der Waals surface area contributed by atoms with Crippen molar-refractivity contribution < 1.29 is 13.2 Å². The topological polar surface area (TPSA) is 101 Å². The summed E-state index contributed by atoms with van der Waals surface area (Å²) >= 11 is 0. The molecule has 1 aromatic carbocycles. The van der Waals surface area contributed by atoms with Crippen molar-refractivity contribution in [2.45, 2.75) is 13.1 Å². The van der Waals surface area contributed by atoms with Crippen molar-refractivity contribution in [1.29, 1.82) is 0 Å². The van der Waals surface area contributed by atoms with Crippen molar-refractivity contribution in [2.24, 2.45) is 10.2 Å². The Morgan fingerprint density at radius 1 is 1.25 bits per heavy atom. The summed E-state index contributed by atoms with van der Waals surface area (Å²) < 4.78 is 39.5. The van der Waals surface area contributed by atoms with Gasteiger partial charge in [0.25, 0.3) is 5.56 Å². The average Bonchev–Trinajstić information content (AvgIpc) is 2.81. The monoisotopic (exact) mass is 336 g/mol. The summed E-state index contributed by atoms with van der Waals surface area (Å²) in [5, 5.41) is 11.6. The number of H-pyrrole nitrogens is 1. The van der Waals surface area contributed by atoms with Gasteiger partial charge < -0.3 is 10.7 Å². The molecule has 24 heavy (non-hydrogen) atoms. The summed E-state index contributed by atoms with van der Waals surface area (Å²) in [5.74, 6) is -0.00400. The van der Waals surface area contributed by atoms with Gasteiger partial charge in [0, 0.05) is 11.8 Å². The quantitative estimate of drug-likeness (QED) is 0.702. The first-order valence-corrected chi connectivity index (χ1v) is 6.73. The van der Waals surface area contributed by atoms with E-state index in [1.165, 1.54) is 22.7 Å². The minimum Gasteiger partial charge on any atom is -0.380 e. The fourth-order valence-corrected chi connectivity index (χ4v) is 2.15. The van der Waals surface area contributed by atoms with Gasteiger partial charge in [-0.05, 0) is 25.1 Å². The zero-order valence-corrected chi connectivity index (χ0v) is 12.3. The third-order valence-corrected chi connectivity index (χ3v) is 3.24. The van der Waals surface area contributed by atoms with E-state index in [9.17, 15) is 18.0 Å². The lowest BCUT2D eigenvalue weighted by Gasteiger charge is -2.05. The van der Waals surface area contributed by atoms with Gasteiger partial charge in [-0.2, -0.15) is 18.3 Å². The van der Waals surface area contributed by atoms with E-state index in [0.717, 1.165) is 12.1 Å². The SMILES string of the molecule is Cc1cc(=O)[nH]c2c(N=Nc3cccc(C(F)(F)F)c3)c(N)nn12. The number of hydrogen-bond donors (Lipinski definition) is 2. The van der Waals surface area contributed by atoms with E-state index in [1.54, 1.807) is 6.92 Å². The van der Waals surface area contributed by atoms with E-state index >= 15 is 0 Å². The van der Waals surface area contributed by atoms with Crippen LogP contribution in [0.5, 0.6) is 0 Å². The van der Waals surface area contributed by atoms with E-state index in [2.05, 4.69) is 20.3 Å². The number of hydrogen-bond acceptors (Lipinski definition) is 5. The standard InChI is InChI=1S/C14H11F3N6O/c1-7-5-10(24)19-13-11(12(18)22-23(7)13)21-20-9-4-2-3-8(6-9)14(15,16)17/h2-6H,1H3,(H2,18,22)(H,19,24). The van der Waals surface area contributed by atoms with Crippen molar-refractivity contribution in [3.8, 4) is 0 Å². The van der Waals surface area contributed by atoms with E-state index in [4.69, 9.17) is 5.73 Å². The van der Waals surface area contributed by atoms with Crippen molar-refractivity contribution in [3.05, 3.63) is 51.9 Å². The molecular weight excluding hydrogens is 325 g/mol. The maximum absolute atomic E-state index is 12.7. The molecule has 10 heteroatoms. The van der Waals surface area contributed by atoms with Gasteiger partial charge in [0.05, 0.1) is 11.3 Å². The van der Waals surface area contributed by atoms with Crippen LogP contribution in [0.25, 0.3) is 5.65 Å². The number of fused-ring (bicyclic) bond motifs is 1. The highest BCUT2D eigenvalue weighted by molar-refractivity contribution is 5.75. The van der Waals surface area contributed by atoms with Crippen LogP contribution in [-0.4, -0.2) is 14.6 Å². The fraction of sp³-hybridized carbons (Fsp3) is 0.143. The zero-order chi connectivity index (χ0) is 17.5. The first-order valence-electron chi connectivity index (χ1n) is 6.73. The molecule has 124 valence electrons. The number of aromatic nitrogens is 3. The first-order chi connectivity index (χ1) is 11.3. The first kappa shape index (κ1) is 15.7. The number of nitrogens with two attached hydrogens (primary N) is 1. The van der Waals surface area contributed by atoms with Crippen LogP contribution in [-0.2, 0) is 6.18 Å². The second kappa shape index (κ2) is 5.48. The minimum absolute atomic E-state index is 0.00132. The number of benzene rings is 1. The Labute approximate surface area is 132 Å². The Hall–Kier alpha value is -3.17. The summed E-state index contributed by atoms with van der Waals surface area (Å²) in [6, 6.07) is 5.72. The molecule has 0 saturated carbocycles. The molecule has 0 aliphatic heterocycles. The third kappa shape index (κ3) is 2.85. The van der Waals surface area contributed by atoms with Crippen LogP contribution in [0.2, 0.25) is 0 Å². The maximum atomic E-state index is 12.7. The normalized spacial score (nSPS) is 12.3. The van der Waals surface area contributed by atoms with E-state index in [-0.39, 0.29) is 28.4 Å². The van der Waals surface area contributed by atoms with Crippen molar-refractivity contribution in [2.75, 3.05) is 5.73 Å². The van der Waals surface area contributed by atoms with E-state index in [0.29, 0.717) is 5.69 Å². The minimum atomic E-state index is -4.47. The van der Waals surface area contributed by atoms with E-state index in [1.807, 2.05) is 0 Å². The van der Waals surface area contributed by atoms with E-state index < -0.39 is 11.7 Å². The summed E-state index contributed by atoms with van der Waals surface area (Å²) in [5.41, 5.74) is 5.35. The number of halogens is 3. The molecule has 0 unspecified atom stereocenters. The Morgan fingerprint density at radius 3 is 2.71 bits per heavy atom. The van der Waals surface area contributed by atoms with Crippen LogP contribution in [0.4, 0.5) is 30.4 Å². The van der Waals surface area contributed by atoms with Gasteiger partial charge in [-0.15, -0.1) is 10.2 Å². The highest BCUT2D eigenvalue weighted by Gasteiger charge is 2.30. The predicted octanol–water partition coefficient (Wildman–Crippen LogP) is 3.35. The highest BCUT2D eigenvalue weighted by Crippen LogP contribution is 2.33. The summed E-state index contributed by atoms with van der Waals surface area (Å²) in [6.07, 6.45) is -4.47. The molecule has 0 atom stereocenters. The maximum Gasteiger partial charge on any atom is 0.416 e. The molecule has 2 aromatic heterocycles. The van der Waals surface area contributed by atoms with Gasteiger partial charge in [-0.1, -0.05) is 6.07 Å². The molecule has 3 N–H and O–H groups in total. The number of anilines is 1. The molecule has 0 saturated heterocycles. The van der Waals surface area contributed by atoms with Crippen LogP contribution >= 0.6 is 0 Å². The number of nitrogens with zero attached hydrogens (tertiary/aromatic N) is 4. The number of aromatic amines is 1. The highest BCUT2D eigenvalue weighted by atomic mass is 19.4. The Morgan fingerprint density at radius 2 is 2.00 bits per heavy atom. The average molecular weight is 336 g/mol. The lowest BCUT2D eigenvalue weighted by Crippen LogP contribution is -2.09. The molecule has 3 rings (SSSR count). The molecule has 0 fully saturated rings. The predicted molar refractivity (Wildman–Crippen MR) is 80.6 cm³/mol. The Kier molecular flexibility index (Phi) is 3.59. The summed E-state index contributed by atoms with van der Waals surface area (Å²) in [7, 11) is 0. The molecule has 0 spiro atoms. The summed E-state index contributed by atoms with van der Waals surface area (Å²) in [6.45, 7) is 1.66. The molecule has 0 amide bonds. The van der Waals surface area contributed by atoms with Crippen molar-refractivity contribution in [3.63, 3.8) is 0 Å². The largest absolute Gasteiger partial charge is 0.416 e. The smallest absolute Gasteiger partial charge is 0.380 e. The lowest BCUT2D eigenvalue weighted by atomic mass is 10.2. The number of nitrogens with one attached hydrogen (secondary N) is 1. The van der Waals surface area contributed by atoms with Crippen molar-refractivity contribution >= 4 is 22.8 Å². The Balaban J connectivity index is 2.06. The molecule has 3 aromatic rings. The van der Waals surface area contributed by atoms with Gasteiger partial charge in [0.2, 0.25) is 0 Å². The zero-order valence-electron chi connectivity index (χ0n) is 12.3. The third-order valence-electron chi connectivity index (χ3n) is 3.24. The second-order valence-electron chi connectivity index (χ2n) is 5.02. The van der Waals surface area contributed by atoms with Crippen LogP contribution < -0.4 is 11.3 Å². The van der Waals surface area contributed by atoms with Gasteiger partial charge in [0.15, 0.2) is 17.2 Å². The van der Waals surface area contributed by atoms with Crippen LogP contribution in [0, 0.1) is 6.92 Å². The molecule has 0 bridgehead atoms. The number of nitrogen functional groups attached to an aromatic ring is 1. The van der Waals surface area contributed by atoms with Crippen LogP contribution in [0.3, 0.4) is 0 Å². The molecule has 0 aliphatic rings. The molecular formula is C14H11F3N6O. The fourth-order valence-electron chi connectivity index (χ4n) is 2.15. The number of alkyl halides is 3. The summed E-state index contributed by atoms with van der Waals surface area (Å²) in [4.78, 5) is 14.1. The molecule has 0 radical (unpaired) electrons. The van der Waals surface area contributed by atoms with Gasteiger partial charge in [-0.3, -0.25) is 4.79 Å². The lowest BCUT2D eigenvalue weighted by molar-refractivity contribution is -0.137. The molecule has 7 nitrogen and oxygen atoms in total. The number of rotatable bonds is 2. The van der Waals surface area contributed by atoms with Crippen molar-refractivity contribution in [1.82, 2.24) is 14.6 Å². The Bertz CT molecular complexity index is 1000. The van der Waals surface area contributed by atoms with Gasteiger partial charge in [-0.25, -0.2) is 4.52 Å². The van der Waals surface area contributed by atoms with Crippen LogP contribution in [0.15, 0.2) is 45.4 Å². The number of azo groups is 1. The molecule has 0 aliphatic carbocycles. The van der Waals surface area contributed by atoms with Gasteiger partial charge in [0.1, 0.15) is 0 Å². The molecule has 2 heterocycles. The second-order valence-corrected chi connectivity index (χ2v) is 5.02. The number of aryl methyl sites for hydroxylation is 1.